The topological polar surface area (TPSA) is 123 Å². The molecule has 9 rings (SSSR count). The highest BCUT2D eigenvalue weighted by Crippen LogP contribution is 2.64. The maximum atomic E-state index is 15.3. The number of phenolic OH excluding ortho intramolecular Hbond substituents is 1. The molecule has 2 saturated heterocycles. The normalized spacial score (nSPS) is 25.4. The third-order valence-corrected chi connectivity index (χ3v) is 12.4. The Hall–Kier alpha value is -6.39. The average Bonchev–Trinajstić information content (AvgIpc) is 3.61. The first-order valence-electron chi connectivity index (χ1n) is 18.9. The predicted octanol–water partition coefficient (Wildman–Crippen LogP) is 8.89. The Morgan fingerprint density at radius 1 is 0.702 bits per heavy atom. The molecule has 1 N–H and O–H groups in total. The van der Waals surface area contributed by atoms with Crippen molar-refractivity contribution in [1.29, 1.82) is 0 Å². The Bertz CT molecular complexity index is 2500. The number of anilines is 3. The molecule has 10 nitrogen and oxygen atoms in total. The van der Waals surface area contributed by atoms with Gasteiger partial charge >= 0.3 is 0 Å². The lowest BCUT2D eigenvalue weighted by Gasteiger charge is -2.50. The molecule has 1 saturated carbocycles. The highest BCUT2D eigenvalue weighted by molar-refractivity contribution is 6.32. The van der Waals surface area contributed by atoms with E-state index in [1.807, 2.05) is 85.7 Å². The minimum absolute atomic E-state index is 0.00986. The number of fused-ring (bicyclic) bond motifs is 4. The molecule has 2 aliphatic heterocycles. The van der Waals surface area contributed by atoms with E-state index >= 15 is 4.79 Å². The van der Waals surface area contributed by atoms with Gasteiger partial charge in [-0.15, -0.1) is 0 Å². The quantitative estimate of drug-likeness (QED) is 0.100. The van der Waals surface area contributed by atoms with Gasteiger partial charge < -0.3 is 10.0 Å². The molecule has 5 aromatic rings. The van der Waals surface area contributed by atoms with Crippen LogP contribution in [0.5, 0.6) is 5.75 Å². The van der Waals surface area contributed by atoms with Crippen molar-refractivity contribution < 1.29 is 24.3 Å². The number of hydrogen-bond acceptors (Lipinski definition) is 8. The van der Waals surface area contributed by atoms with Crippen LogP contribution in [0.15, 0.2) is 149 Å². The summed E-state index contributed by atoms with van der Waals surface area (Å²) in [6, 6.07) is 37.3. The summed E-state index contributed by atoms with van der Waals surface area (Å²) in [5, 5.41) is 19.9. The van der Waals surface area contributed by atoms with Crippen LogP contribution in [-0.2, 0) is 24.6 Å². The maximum absolute atomic E-state index is 15.3. The minimum atomic E-state index is -1.42. The fourth-order valence-corrected chi connectivity index (χ4v) is 9.86. The molecule has 2 aliphatic carbocycles. The number of carbonyl (C=O) groups excluding carboxylic acids is 4. The Morgan fingerprint density at radius 2 is 1.39 bits per heavy atom. The van der Waals surface area contributed by atoms with E-state index in [-0.39, 0.29) is 30.4 Å². The van der Waals surface area contributed by atoms with Crippen molar-refractivity contribution >= 4 is 63.7 Å². The van der Waals surface area contributed by atoms with Crippen LogP contribution in [-0.4, -0.2) is 42.8 Å². The molecular formula is C46H38ClN5O5. The van der Waals surface area contributed by atoms with Crippen LogP contribution in [0, 0.1) is 23.7 Å². The van der Waals surface area contributed by atoms with Crippen LogP contribution in [0.2, 0.25) is 5.02 Å². The van der Waals surface area contributed by atoms with Gasteiger partial charge in [0.25, 0.3) is 0 Å². The van der Waals surface area contributed by atoms with Gasteiger partial charge in [0.05, 0.1) is 45.9 Å². The first kappa shape index (κ1) is 36.3. The van der Waals surface area contributed by atoms with E-state index in [2.05, 4.69) is 10.2 Å². The maximum Gasteiger partial charge on any atom is 0.246 e. The summed E-state index contributed by atoms with van der Waals surface area (Å²) in [4.78, 5) is 63.7. The van der Waals surface area contributed by atoms with E-state index in [0.29, 0.717) is 38.9 Å². The van der Waals surface area contributed by atoms with E-state index in [1.165, 1.54) is 9.80 Å². The van der Waals surface area contributed by atoms with E-state index in [1.54, 1.807) is 66.7 Å². The molecule has 4 aliphatic rings. The molecule has 57 heavy (non-hydrogen) atoms. The van der Waals surface area contributed by atoms with Gasteiger partial charge in [-0.05, 0) is 109 Å². The van der Waals surface area contributed by atoms with E-state index < -0.39 is 46.8 Å². The van der Waals surface area contributed by atoms with Gasteiger partial charge in [0.1, 0.15) is 5.75 Å². The highest BCUT2D eigenvalue weighted by Gasteiger charge is 2.70. The van der Waals surface area contributed by atoms with Crippen LogP contribution in [0.25, 0.3) is 0 Å². The molecule has 4 amide bonds. The highest BCUT2D eigenvalue weighted by atomic mass is 35.5. The summed E-state index contributed by atoms with van der Waals surface area (Å²) < 4.78 is 0. The van der Waals surface area contributed by atoms with Gasteiger partial charge in [0.2, 0.25) is 23.6 Å². The number of carbonyl (C=O) groups is 4. The van der Waals surface area contributed by atoms with Crippen LogP contribution in [0.1, 0.15) is 29.9 Å². The van der Waals surface area contributed by atoms with Crippen molar-refractivity contribution in [2.75, 3.05) is 28.8 Å². The van der Waals surface area contributed by atoms with Gasteiger partial charge in [0.15, 0.2) is 0 Å². The number of phenols is 1. The van der Waals surface area contributed by atoms with E-state index in [9.17, 15) is 19.5 Å². The molecule has 11 heteroatoms. The second-order valence-corrected chi connectivity index (χ2v) is 15.8. The standard InChI is InChI=1S/C46H38ClN5O5/c1-50(2)32-18-14-30(15-19-32)48-49-31-16-20-33(21-17-31)51-42(54)37-23-22-36-38(40(37)44(51)56)26-39-43(55)52(34-12-7-11-29(47)25-34)45(57)46(39,28-9-4-3-5-10-28)41(36)27-8-6-13-35(53)24-27/h3-22,24-25,37-41,53H,23,26H2,1-2H3. The minimum Gasteiger partial charge on any atom is -0.508 e. The van der Waals surface area contributed by atoms with Crippen molar-refractivity contribution in [3.8, 4) is 5.75 Å². The molecular weight excluding hydrogens is 738 g/mol. The number of hydrogen-bond donors (Lipinski definition) is 1. The molecule has 0 spiro atoms. The Morgan fingerprint density at radius 3 is 2.05 bits per heavy atom. The van der Waals surface area contributed by atoms with Crippen LogP contribution < -0.4 is 14.7 Å². The molecule has 2 heterocycles. The summed E-state index contributed by atoms with van der Waals surface area (Å²) in [5.74, 6) is -5.04. The molecule has 0 aromatic heterocycles. The van der Waals surface area contributed by atoms with Gasteiger partial charge in [-0.1, -0.05) is 71.8 Å². The zero-order valence-electron chi connectivity index (χ0n) is 31.2. The summed E-state index contributed by atoms with van der Waals surface area (Å²) >= 11 is 6.41. The largest absolute Gasteiger partial charge is 0.508 e. The lowest BCUT2D eigenvalue weighted by molar-refractivity contribution is -0.127. The van der Waals surface area contributed by atoms with Gasteiger partial charge in [0, 0.05) is 30.7 Å². The number of imide groups is 2. The Kier molecular flexibility index (Phi) is 8.89. The Balaban J connectivity index is 1.10. The van der Waals surface area contributed by atoms with Crippen molar-refractivity contribution in [2.24, 2.45) is 33.9 Å². The van der Waals surface area contributed by atoms with Gasteiger partial charge in [-0.3, -0.25) is 24.1 Å². The van der Waals surface area contributed by atoms with Crippen molar-refractivity contribution in [2.45, 2.75) is 24.2 Å². The second-order valence-electron chi connectivity index (χ2n) is 15.3. The van der Waals surface area contributed by atoms with Gasteiger partial charge in [-0.2, -0.15) is 10.2 Å². The number of azo groups is 1. The second kappa shape index (κ2) is 14.0. The first-order valence-corrected chi connectivity index (χ1v) is 19.3. The average molecular weight is 776 g/mol. The molecule has 0 bridgehead atoms. The predicted molar refractivity (Wildman–Crippen MR) is 218 cm³/mol. The fraction of sp³-hybridized carbons (Fsp3) is 0.217. The van der Waals surface area contributed by atoms with Crippen LogP contribution in [0.3, 0.4) is 0 Å². The van der Waals surface area contributed by atoms with Crippen molar-refractivity contribution in [3.05, 3.63) is 155 Å². The number of amides is 4. The lowest BCUT2D eigenvalue weighted by Crippen LogP contribution is -2.53. The summed E-state index contributed by atoms with van der Waals surface area (Å²) in [6.07, 6.45) is 2.45. The molecule has 6 unspecified atom stereocenters. The van der Waals surface area contributed by atoms with Gasteiger partial charge in [-0.25, -0.2) is 4.90 Å². The molecule has 284 valence electrons. The van der Waals surface area contributed by atoms with Crippen molar-refractivity contribution in [1.82, 2.24) is 0 Å². The smallest absolute Gasteiger partial charge is 0.246 e. The number of benzene rings is 5. The lowest BCUT2D eigenvalue weighted by atomic mass is 9.49. The summed E-state index contributed by atoms with van der Waals surface area (Å²) in [5.41, 5.74) is 3.76. The third kappa shape index (κ3) is 5.77. The zero-order valence-corrected chi connectivity index (χ0v) is 32.0. The Labute approximate surface area is 334 Å². The summed E-state index contributed by atoms with van der Waals surface area (Å²) in [6.45, 7) is 0. The first-order chi connectivity index (χ1) is 27.6. The molecule has 5 aromatic carbocycles. The number of allylic oxidation sites excluding steroid dienone is 2. The van der Waals surface area contributed by atoms with Crippen LogP contribution >= 0.6 is 11.6 Å². The molecule has 6 atom stereocenters. The van der Waals surface area contributed by atoms with Crippen molar-refractivity contribution in [3.63, 3.8) is 0 Å². The fourth-order valence-electron chi connectivity index (χ4n) is 9.68. The number of halogens is 1. The summed E-state index contributed by atoms with van der Waals surface area (Å²) in [7, 11) is 3.93. The number of nitrogens with zero attached hydrogens (tertiary/aromatic N) is 5. The van der Waals surface area contributed by atoms with E-state index in [0.717, 1.165) is 11.3 Å². The zero-order chi connectivity index (χ0) is 39.6. The third-order valence-electron chi connectivity index (χ3n) is 12.1. The number of aromatic hydroxyl groups is 1. The molecule has 3 fully saturated rings. The number of rotatable bonds is 7. The molecule has 0 radical (unpaired) electrons. The van der Waals surface area contributed by atoms with E-state index in [4.69, 9.17) is 11.6 Å². The SMILES string of the molecule is CN(C)c1ccc(N=Nc2ccc(N3C(=O)C4CC=C5C(CC6C(=O)N(c7cccc(Cl)c7)C(=O)C6(c6ccccc6)C5c5cccc(O)c5)C4C3=O)cc2)cc1. The monoisotopic (exact) mass is 775 g/mol. The van der Waals surface area contributed by atoms with Crippen LogP contribution in [0.4, 0.5) is 28.4 Å².